The maximum Gasteiger partial charge on any atom is 0.271 e. The van der Waals surface area contributed by atoms with E-state index >= 15 is 0 Å². The number of H-pyrrole nitrogens is 1. The number of likely N-dealkylation sites (tertiary alicyclic amines) is 1. The van der Waals surface area contributed by atoms with Gasteiger partial charge in [0.15, 0.2) is 0 Å². The minimum atomic E-state index is 0.0404. The van der Waals surface area contributed by atoms with Crippen molar-refractivity contribution in [2.24, 2.45) is 11.8 Å². The maximum atomic E-state index is 12.4. The van der Waals surface area contributed by atoms with Gasteiger partial charge < -0.3 is 14.5 Å². The van der Waals surface area contributed by atoms with Gasteiger partial charge in [-0.3, -0.25) is 9.89 Å². The lowest BCUT2D eigenvalue weighted by Crippen LogP contribution is -2.49. The second-order valence-corrected chi connectivity index (χ2v) is 6.88. The molecule has 0 radical (unpaired) electrons. The zero-order valence-corrected chi connectivity index (χ0v) is 12.9. The van der Waals surface area contributed by atoms with Crippen LogP contribution in [0.25, 0.3) is 0 Å². The van der Waals surface area contributed by atoms with E-state index in [0.717, 1.165) is 38.6 Å². The number of ether oxygens (including phenoxy) is 1. The number of hydrogen-bond donors (Lipinski definition) is 1. The number of nitrogens with zero attached hydrogens (tertiary/aromatic N) is 3. The van der Waals surface area contributed by atoms with E-state index in [0.29, 0.717) is 18.2 Å². The molecule has 0 spiro atoms. The number of rotatable bonds is 3. The normalized spacial score (nSPS) is 29.9. The average molecular weight is 304 g/mol. The topological polar surface area (TPSA) is 61.5 Å². The van der Waals surface area contributed by atoms with E-state index in [1.54, 1.807) is 12.3 Å². The summed E-state index contributed by atoms with van der Waals surface area (Å²) in [4.78, 5) is 16.9. The minimum absolute atomic E-state index is 0.0404. The van der Waals surface area contributed by atoms with Gasteiger partial charge in [-0.15, -0.1) is 0 Å². The molecular formula is C16H24N4O2. The Kier molecular flexibility index (Phi) is 3.88. The predicted molar refractivity (Wildman–Crippen MR) is 81.5 cm³/mol. The summed E-state index contributed by atoms with van der Waals surface area (Å²) in [6, 6.07) is 1.74. The Balaban J connectivity index is 1.37. The van der Waals surface area contributed by atoms with Crippen LogP contribution in [-0.4, -0.2) is 71.3 Å². The van der Waals surface area contributed by atoms with Gasteiger partial charge in [-0.2, -0.15) is 5.10 Å². The molecule has 22 heavy (non-hydrogen) atoms. The van der Waals surface area contributed by atoms with Crippen molar-refractivity contribution in [1.82, 2.24) is 20.0 Å². The van der Waals surface area contributed by atoms with Crippen LogP contribution in [0.2, 0.25) is 0 Å². The molecule has 1 aromatic heterocycles. The second kappa shape index (κ2) is 6.01. The Morgan fingerprint density at radius 1 is 1.32 bits per heavy atom. The zero-order valence-electron chi connectivity index (χ0n) is 12.9. The van der Waals surface area contributed by atoms with Crippen LogP contribution >= 0.6 is 0 Å². The van der Waals surface area contributed by atoms with Gasteiger partial charge in [-0.05, 0) is 31.2 Å². The first-order valence-electron chi connectivity index (χ1n) is 8.42. The van der Waals surface area contributed by atoms with Crippen molar-refractivity contribution in [1.29, 1.82) is 0 Å². The Labute approximate surface area is 130 Å². The Morgan fingerprint density at radius 3 is 3.00 bits per heavy atom. The van der Waals surface area contributed by atoms with Crippen LogP contribution in [0.4, 0.5) is 0 Å². The van der Waals surface area contributed by atoms with E-state index < -0.39 is 0 Å². The molecule has 1 saturated carbocycles. The molecule has 0 aromatic carbocycles. The van der Waals surface area contributed by atoms with Gasteiger partial charge in [-0.25, -0.2) is 0 Å². The first-order chi connectivity index (χ1) is 10.8. The fraction of sp³-hybridized carbons (Fsp3) is 0.750. The number of carbonyl (C=O) groups is 1. The summed E-state index contributed by atoms with van der Waals surface area (Å²) < 4.78 is 6.08. The molecule has 2 saturated heterocycles. The molecule has 1 aromatic rings. The third kappa shape index (κ3) is 3.03. The summed E-state index contributed by atoms with van der Waals surface area (Å²) in [5.41, 5.74) is 0.572. The Bertz CT molecular complexity index is 514. The number of carbonyl (C=O) groups excluding carboxylic acids is 1. The highest BCUT2D eigenvalue weighted by molar-refractivity contribution is 5.92. The largest absolute Gasteiger partial charge is 0.375 e. The van der Waals surface area contributed by atoms with Gasteiger partial charge in [0.25, 0.3) is 5.91 Å². The van der Waals surface area contributed by atoms with E-state index in [1.807, 2.05) is 4.90 Å². The Hall–Kier alpha value is -1.40. The predicted octanol–water partition coefficient (Wildman–Crippen LogP) is 0.983. The minimum Gasteiger partial charge on any atom is -0.375 e. The zero-order chi connectivity index (χ0) is 14.9. The molecular weight excluding hydrogens is 280 g/mol. The Morgan fingerprint density at radius 2 is 2.23 bits per heavy atom. The van der Waals surface area contributed by atoms with Crippen LogP contribution in [0.5, 0.6) is 0 Å². The monoisotopic (exact) mass is 304 g/mol. The van der Waals surface area contributed by atoms with Crippen molar-refractivity contribution in [2.45, 2.75) is 25.4 Å². The van der Waals surface area contributed by atoms with Crippen molar-refractivity contribution in [2.75, 3.05) is 39.3 Å². The van der Waals surface area contributed by atoms with Gasteiger partial charge >= 0.3 is 0 Å². The third-order valence-corrected chi connectivity index (χ3v) is 5.16. The highest BCUT2D eigenvalue weighted by atomic mass is 16.5. The fourth-order valence-corrected chi connectivity index (χ4v) is 3.68. The number of aromatic nitrogens is 2. The molecule has 2 aliphatic heterocycles. The summed E-state index contributed by atoms with van der Waals surface area (Å²) in [5.74, 6) is 1.53. The van der Waals surface area contributed by atoms with Crippen molar-refractivity contribution >= 4 is 5.91 Å². The van der Waals surface area contributed by atoms with E-state index in [-0.39, 0.29) is 12.0 Å². The molecule has 1 amide bonds. The van der Waals surface area contributed by atoms with Crippen molar-refractivity contribution in [3.63, 3.8) is 0 Å². The number of fused-ring (bicyclic) bond motifs is 1. The average Bonchev–Trinajstić information content (AvgIpc) is 3.22. The lowest BCUT2D eigenvalue weighted by molar-refractivity contribution is -0.0172. The number of aromatic amines is 1. The van der Waals surface area contributed by atoms with Crippen LogP contribution in [-0.2, 0) is 4.74 Å². The van der Waals surface area contributed by atoms with Gasteiger partial charge in [0.05, 0.1) is 12.7 Å². The molecule has 3 heterocycles. The van der Waals surface area contributed by atoms with E-state index in [1.165, 1.54) is 19.4 Å². The first kappa shape index (κ1) is 14.2. The van der Waals surface area contributed by atoms with E-state index in [9.17, 15) is 4.79 Å². The third-order valence-electron chi connectivity index (χ3n) is 5.16. The smallest absolute Gasteiger partial charge is 0.271 e. The molecule has 6 heteroatoms. The molecule has 6 nitrogen and oxygen atoms in total. The summed E-state index contributed by atoms with van der Waals surface area (Å²) in [7, 11) is 0. The van der Waals surface area contributed by atoms with Crippen LogP contribution in [0.15, 0.2) is 12.3 Å². The highest BCUT2D eigenvalue weighted by Crippen LogP contribution is 2.31. The molecule has 0 unspecified atom stereocenters. The number of piperidine rings is 1. The van der Waals surface area contributed by atoms with Crippen molar-refractivity contribution < 1.29 is 9.53 Å². The standard InChI is InChI=1S/C16H24N4O2/c21-16(14-3-5-17-18-14)20-6-4-13-10-19(9-12-1-2-12)7-8-22-15(13)11-20/h3,5,12-13,15H,1-2,4,6-11H2,(H,17,18)/t13-,15-/m1/s1. The quantitative estimate of drug-likeness (QED) is 0.904. The first-order valence-corrected chi connectivity index (χ1v) is 8.42. The fourth-order valence-electron chi connectivity index (χ4n) is 3.68. The second-order valence-electron chi connectivity index (χ2n) is 6.88. The molecule has 2 atom stereocenters. The summed E-state index contributed by atoms with van der Waals surface area (Å²) >= 11 is 0. The maximum absolute atomic E-state index is 12.4. The van der Waals surface area contributed by atoms with Crippen LogP contribution in [0, 0.1) is 11.8 Å². The molecule has 1 N–H and O–H groups in total. The van der Waals surface area contributed by atoms with Gasteiger partial charge in [0, 0.05) is 44.8 Å². The van der Waals surface area contributed by atoms with Gasteiger partial charge in [0.1, 0.15) is 5.69 Å². The highest BCUT2D eigenvalue weighted by Gasteiger charge is 2.36. The number of nitrogens with one attached hydrogen (secondary N) is 1. The van der Waals surface area contributed by atoms with Crippen LogP contribution in [0.1, 0.15) is 29.8 Å². The van der Waals surface area contributed by atoms with E-state index in [2.05, 4.69) is 15.1 Å². The van der Waals surface area contributed by atoms with Crippen molar-refractivity contribution in [3.05, 3.63) is 18.0 Å². The number of amides is 1. The number of hydrogen-bond acceptors (Lipinski definition) is 4. The van der Waals surface area contributed by atoms with Gasteiger partial charge in [-0.1, -0.05) is 0 Å². The summed E-state index contributed by atoms with van der Waals surface area (Å²) in [6.07, 6.45) is 5.64. The summed E-state index contributed by atoms with van der Waals surface area (Å²) in [6.45, 7) is 5.73. The lowest BCUT2D eigenvalue weighted by atomic mass is 9.93. The van der Waals surface area contributed by atoms with Crippen molar-refractivity contribution in [3.8, 4) is 0 Å². The molecule has 3 fully saturated rings. The van der Waals surface area contributed by atoms with Gasteiger partial charge in [0.2, 0.25) is 0 Å². The molecule has 1 aliphatic carbocycles. The van der Waals surface area contributed by atoms with Crippen LogP contribution < -0.4 is 0 Å². The molecule has 120 valence electrons. The van der Waals surface area contributed by atoms with Crippen LogP contribution in [0.3, 0.4) is 0 Å². The lowest BCUT2D eigenvalue weighted by Gasteiger charge is -2.37. The molecule has 0 bridgehead atoms. The molecule has 4 rings (SSSR count). The molecule has 3 aliphatic rings. The summed E-state index contributed by atoms with van der Waals surface area (Å²) in [5, 5.41) is 6.63. The van der Waals surface area contributed by atoms with E-state index in [4.69, 9.17) is 4.74 Å². The SMILES string of the molecule is O=C(c1ccn[nH]1)N1CC[C@@H]2CN(CC3CC3)CCO[C@@H]2C1.